The summed E-state index contributed by atoms with van der Waals surface area (Å²) in [6, 6.07) is 15.4. The fourth-order valence-electron chi connectivity index (χ4n) is 3.24. The van der Waals surface area contributed by atoms with Crippen molar-refractivity contribution < 1.29 is 0 Å². The van der Waals surface area contributed by atoms with Crippen molar-refractivity contribution in [2.75, 3.05) is 0 Å². The van der Waals surface area contributed by atoms with Crippen LogP contribution in [0.1, 0.15) is 51.2 Å². The summed E-state index contributed by atoms with van der Waals surface area (Å²) in [6.07, 6.45) is 7.11. The molecular formula is C23H22N4. The van der Waals surface area contributed by atoms with E-state index in [2.05, 4.69) is 45.0 Å². The highest BCUT2D eigenvalue weighted by Crippen LogP contribution is 2.35. The van der Waals surface area contributed by atoms with Gasteiger partial charge in [-0.15, -0.1) is 0 Å². The van der Waals surface area contributed by atoms with Gasteiger partial charge in [0.1, 0.15) is 0 Å². The van der Waals surface area contributed by atoms with Crippen LogP contribution < -0.4 is 0 Å². The molecule has 2 bridgehead atoms. The molecule has 2 aliphatic rings. The first-order valence-corrected chi connectivity index (χ1v) is 8.90. The zero-order valence-electron chi connectivity index (χ0n) is 16.0. The average Bonchev–Trinajstić information content (AvgIpc) is 2.68. The van der Waals surface area contributed by atoms with E-state index in [4.69, 9.17) is 0 Å². The van der Waals surface area contributed by atoms with Crippen LogP contribution in [0.4, 0.5) is 0 Å². The predicted octanol–water partition coefficient (Wildman–Crippen LogP) is 4.97. The molecule has 4 heteroatoms. The van der Waals surface area contributed by atoms with Gasteiger partial charge in [0, 0.05) is 6.42 Å². The van der Waals surface area contributed by atoms with E-state index in [1.54, 1.807) is 24.3 Å². The van der Waals surface area contributed by atoms with Crippen LogP contribution in [0.15, 0.2) is 48.1 Å². The molecule has 0 unspecified atom stereocenters. The Morgan fingerprint density at radius 2 is 1.30 bits per heavy atom. The third-order valence-corrected chi connectivity index (χ3v) is 5.11. The second-order valence-electron chi connectivity index (χ2n) is 7.89. The van der Waals surface area contributed by atoms with Crippen molar-refractivity contribution in [2.24, 2.45) is 5.41 Å². The normalized spacial score (nSPS) is 21.4. The Hall–Kier alpha value is -3.34. The molecule has 0 fully saturated rings. The Bertz CT molecular complexity index is 901. The summed E-state index contributed by atoms with van der Waals surface area (Å²) >= 11 is 0. The van der Waals surface area contributed by atoms with Gasteiger partial charge < -0.3 is 0 Å². The van der Waals surface area contributed by atoms with Crippen molar-refractivity contribution in [3.8, 4) is 24.3 Å². The predicted molar refractivity (Wildman–Crippen MR) is 103 cm³/mol. The van der Waals surface area contributed by atoms with Crippen molar-refractivity contribution >= 4 is 0 Å². The van der Waals surface area contributed by atoms with E-state index in [1.807, 2.05) is 18.2 Å². The van der Waals surface area contributed by atoms with Crippen molar-refractivity contribution in [2.45, 2.75) is 50.9 Å². The number of rotatable bonds is 0. The van der Waals surface area contributed by atoms with Gasteiger partial charge in [-0.05, 0) is 35.0 Å². The second kappa shape index (κ2) is 7.50. The molecule has 0 N–H and O–H groups in total. The van der Waals surface area contributed by atoms with Gasteiger partial charge in [-0.25, -0.2) is 0 Å². The maximum atomic E-state index is 9.73. The molecule has 0 spiro atoms. The van der Waals surface area contributed by atoms with E-state index in [0.29, 0.717) is 24.0 Å². The van der Waals surface area contributed by atoms with E-state index in [9.17, 15) is 21.0 Å². The lowest BCUT2D eigenvalue weighted by Crippen LogP contribution is -2.23. The van der Waals surface area contributed by atoms with Gasteiger partial charge in [0.15, 0.2) is 10.8 Å². The van der Waals surface area contributed by atoms with Crippen molar-refractivity contribution in [3.05, 3.63) is 59.2 Å². The number of nitriles is 4. The molecule has 2 aliphatic carbocycles. The van der Waals surface area contributed by atoms with Gasteiger partial charge in [-0.3, -0.25) is 0 Å². The monoisotopic (exact) mass is 354 g/mol. The van der Waals surface area contributed by atoms with Crippen molar-refractivity contribution in [1.29, 1.82) is 21.0 Å². The Morgan fingerprint density at radius 3 is 1.74 bits per heavy atom. The number of benzene rings is 1. The number of nitrogens with zero attached hydrogens (tertiary/aromatic N) is 4. The minimum absolute atomic E-state index is 0.129. The molecule has 0 saturated carbocycles. The number of hydrogen-bond acceptors (Lipinski definition) is 4. The molecule has 134 valence electrons. The highest BCUT2D eigenvalue weighted by Gasteiger charge is 2.35. The van der Waals surface area contributed by atoms with Crippen LogP contribution in [0.5, 0.6) is 0 Å². The zero-order valence-corrected chi connectivity index (χ0v) is 16.0. The number of fused-ring (bicyclic) bond motifs is 8. The van der Waals surface area contributed by atoms with Crippen LogP contribution >= 0.6 is 0 Å². The molecule has 0 amide bonds. The van der Waals surface area contributed by atoms with Crippen molar-refractivity contribution in [3.63, 3.8) is 0 Å². The van der Waals surface area contributed by atoms with Crippen LogP contribution in [-0.4, -0.2) is 0 Å². The van der Waals surface area contributed by atoms with E-state index < -0.39 is 10.8 Å². The molecule has 4 nitrogen and oxygen atoms in total. The van der Waals surface area contributed by atoms with Gasteiger partial charge in [0.25, 0.3) is 0 Å². The van der Waals surface area contributed by atoms with Crippen LogP contribution in [-0.2, 0) is 10.8 Å². The lowest BCUT2D eigenvalue weighted by molar-refractivity contribution is 0.511. The molecule has 1 aromatic carbocycles. The molecule has 27 heavy (non-hydrogen) atoms. The number of allylic oxidation sites excluding steroid dienone is 4. The minimum Gasteiger partial charge on any atom is -0.196 e. The van der Waals surface area contributed by atoms with Crippen LogP contribution in [0.3, 0.4) is 0 Å². The minimum atomic E-state index is -1.30. The summed E-state index contributed by atoms with van der Waals surface area (Å²) in [5.74, 6) is 0. The molecular weight excluding hydrogens is 332 g/mol. The van der Waals surface area contributed by atoms with Crippen LogP contribution in [0.25, 0.3) is 0 Å². The lowest BCUT2D eigenvalue weighted by atomic mass is 9.76. The van der Waals surface area contributed by atoms with Gasteiger partial charge >= 0.3 is 0 Å². The highest BCUT2D eigenvalue weighted by molar-refractivity contribution is 5.47. The molecule has 0 aromatic heterocycles. The van der Waals surface area contributed by atoms with Gasteiger partial charge in [0.2, 0.25) is 0 Å². The Kier molecular flexibility index (Phi) is 5.55. The molecule has 0 heterocycles. The Labute approximate surface area is 161 Å². The fourth-order valence-corrected chi connectivity index (χ4v) is 3.24. The third kappa shape index (κ3) is 3.77. The summed E-state index contributed by atoms with van der Waals surface area (Å²) in [7, 11) is 0. The first-order chi connectivity index (χ1) is 12.8. The van der Waals surface area contributed by atoms with E-state index in [-0.39, 0.29) is 11.8 Å². The molecule has 3 rings (SSSR count). The fraction of sp³-hybridized carbons (Fsp3) is 0.391. The SMILES string of the molecule is CC(C)(C)C1=C/CCC(C#N)(C#N)c2ccc(cc2)C(C#N)(C#N)C\C=C\1. The highest BCUT2D eigenvalue weighted by atomic mass is 14.4. The second-order valence-corrected chi connectivity index (χ2v) is 7.89. The van der Waals surface area contributed by atoms with E-state index in [0.717, 1.165) is 5.57 Å². The lowest BCUT2D eigenvalue weighted by Gasteiger charge is -2.22. The first-order valence-electron chi connectivity index (χ1n) is 8.90. The molecule has 0 atom stereocenters. The standard InChI is InChI=1S/C23H22N4/c1-21(2,3)18-6-4-12-22(14-24,15-25)19-8-10-20(11-9-19)23(16-26,17-27)13-5-7-18/h4,6-11H,5,12-13H2,1-3H3/b6-4+,18-7+. The molecule has 0 saturated heterocycles. The van der Waals surface area contributed by atoms with E-state index >= 15 is 0 Å². The summed E-state index contributed by atoms with van der Waals surface area (Å²) in [4.78, 5) is 0. The van der Waals surface area contributed by atoms with E-state index in [1.165, 1.54) is 0 Å². The van der Waals surface area contributed by atoms with Gasteiger partial charge in [-0.1, -0.05) is 63.3 Å². The largest absolute Gasteiger partial charge is 0.196 e. The van der Waals surface area contributed by atoms with Crippen LogP contribution in [0.2, 0.25) is 0 Å². The maximum Gasteiger partial charge on any atom is 0.172 e. The quantitative estimate of drug-likeness (QED) is 0.657. The first kappa shape index (κ1) is 20.0. The summed E-state index contributed by atoms with van der Waals surface area (Å²) < 4.78 is 0. The topological polar surface area (TPSA) is 95.2 Å². The third-order valence-electron chi connectivity index (χ3n) is 5.11. The molecule has 0 aliphatic heterocycles. The maximum absolute atomic E-state index is 9.73. The summed E-state index contributed by atoms with van der Waals surface area (Å²) in [5, 5.41) is 38.9. The molecule has 1 aromatic rings. The Balaban J connectivity index is 2.69. The number of hydrogen-bond donors (Lipinski definition) is 0. The Morgan fingerprint density at radius 1 is 0.815 bits per heavy atom. The van der Waals surface area contributed by atoms with Crippen LogP contribution in [0, 0.1) is 50.7 Å². The zero-order chi connectivity index (χ0) is 20.1. The van der Waals surface area contributed by atoms with Gasteiger partial charge in [0.05, 0.1) is 24.3 Å². The molecule has 0 radical (unpaired) electrons. The summed E-state index contributed by atoms with van der Waals surface area (Å²) in [5.41, 5.74) is -0.452. The van der Waals surface area contributed by atoms with Gasteiger partial charge in [-0.2, -0.15) is 21.0 Å². The van der Waals surface area contributed by atoms with Crippen molar-refractivity contribution in [1.82, 2.24) is 0 Å². The summed E-state index contributed by atoms with van der Waals surface area (Å²) in [6.45, 7) is 6.25. The smallest absolute Gasteiger partial charge is 0.172 e. The average molecular weight is 354 g/mol.